The van der Waals surface area contributed by atoms with Crippen molar-refractivity contribution >= 4 is 23.0 Å². The highest BCUT2D eigenvalue weighted by molar-refractivity contribution is 7.90. The van der Waals surface area contributed by atoms with Gasteiger partial charge in [-0.1, -0.05) is 25.5 Å². The van der Waals surface area contributed by atoms with E-state index in [4.69, 9.17) is 4.74 Å². The summed E-state index contributed by atoms with van der Waals surface area (Å²) in [4.78, 5) is 22.7. The SMILES string of the molecule is CCC[C@@](CC(=O)OC)(N[S+]([O-])C(C)(C)C)c1cccc([N+](=O)[O-])c1. The fraction of sp³-hybridized carbons (Fsp3) is 0.588. The van der Waals surface area contributed by atoms with Crippen molar-refractivity contribution < 1.29 is 19.0 Å². The van der Waals surface area contributed by atoms with E-state index >= 15 is 0 Å². The van der Waals surface area contributed by atoms with Crippen molar-refractivity contribution in [1.29, 1.82) is 0 Å². The van der Waals surface area contributed by atoms with Crippen molar-refractivity contribution in [2.45, 2.75) is 57.2 Å². The molecule has 1 N–H and O–H groups in total. The molecule has 0 radical (unpaired) electrons. The third-order valence-electron chi connectivity index (χ3n) is 3.80. The second-order valence-corrected chi connectivity index (χ2v) is 8.84. The Bertz CT molecular complexity index is 617. The van der Waals surface area contributed by atoms with Crippen LogP contribution in [0.5, 0.6) is 0 Å². The highest BCUT2D eigenvalue weighted by Crippen LogP contribution is 2.35. The first-order chi connectivity index (χ1) is 11.6. The Labute approximate surface area is 151 Å². The molecule has 0 saturated heterocycles. The van der Waals surface area contributed by atoms with E-state index in [0.29, 0.717) is 18.4 Å². The van der Waals surface area contributed by atoms with Crippen LogP contribution in [0.3, 0.4) is 0 Å². The number of nitrogens with one attached hydrogen (secondary N) is 1. The van der Waals surface area contributed by atoms with E-state index in [9.17, 15) is 19.5 Å². The van der Waals surface area contributed by atoms with Crippen molar-refractivity contribution in [3.63, 3.8) is 0 Å². The fourth-order valence-corrected chi connectivity index (χ4v) is 3.43. The molecule has 7 nitrogen and oxygen atoms in total. The summed E-state index contributed by atoms with van der Waals surface area (Å²) in [7, 11) is 1.28. The lowest BCUT2D eigenvalue weighted by Crippen LogP contribution is -2.52. The van der Waals surface area contributed by atoms with Gasteiger partial charge in [-0.2, -0.15) is 0 Å². The Morgan fingerprint density at radius 3 is 2.48 bits per heavy atom. The summed E-state index contributed by atoms with van der Waals surface area (Å²) in [5.41, 5.74) is -0.538. The van der Waals surface area contributed by atoms with Gasteiger partial charge in [-0.05, 0) is 32.8 Å². The molecule has 1 unspecified atom stereocenters. The Morgan fingerprint density at radius 2 is 2.00 bits per heavy atom. The van der Waals surface area contributed by atoms with Crippen LogP contribution in [0, 0.1) is 10.1 Å². The average molecular weight is 370 g/mol. The number of non-ortho nitro benzene ring substituents is 1. The molecule has 0 fully saturated rings. The van der Waals surface area contributed by atoms with Crippen LogP contribution in [-0.2, 0) is 26.4 Å². The highest BCUT2D eigenvalue weighted by atomic mass is 32.2. The van der Waals surface area contributed by atoms with Gasteiger partial charge in [-0.3, -0.25) is 14.9 Å². The first kappa shape index (κ1) is 21.4. The number of carbonyl (C=O) groups excluding carboxylic acids is 1. The van der Waals surface area contributed by atoms with E-state index < -0.39 is 32.5 Å². The van der Waals surface area contributed by atoms with Crippen molar-refractivity contribution in [2.24, 2.45) is 0 Å². The number of nitrogens with zero attached hydrogens (tertiary/aromatic N) is 1. The molecule has 140 valence electrons. The van der Waals surface area contributed by atoms with Gasteiger partial charge in [-0.25, -0.2) is 0 Å². The second kappa shape index (κ2) is 8.64. The first-order valence-corrected chi connectivity index (χ1v) is 9.22. The molecular formula is C17H26N2O5S. The van der Waals surface area contributed by atoms with Crippen LogP contribution >= 0.6 is 0 Å². The van der Waals surface area contributed by atoms with E-state index in [-0.39, 0.29) is 12.1 Å². The highest BCUT2D eigenvalue weighted by Gasteiger charge is 2.42. The lowest BCUT2D eigenvalue weighted by Gasteiger charge is -2.37. The Morgan fingerprint density at radius 1 is 1.36 bits per heavy atom. The minimum atomic E-state index is -1.47. The van der Waals surface area contributed by atoms with Crippen LogP contribution in [-0.4, -0.2) is 27.3 Å². The molecule has 2 atom stereocenters. The quantitative estimate of drug-likeness (QED) is 0.326. The van der Waals surface area contributed by atoms with Crippen LogP contribution in [0.25, 0.3) is 0 Å². The minimum absolute atomic E-state index is 0.0691. The number of benzene rings is 1. The monoisotopic (exact) mass is 370 g/mol. The van der Waals surface area contributed by atoms with Gasteiger partial charge in [0.15, 0.2) is 0 Å². The van der Waals surface area contributed by atoms with Gasteiger partial charge in [0.2, 0.25) is 0 Å². The number of ether oxygens (including phenoxy) is 1. The summed E-state index contributed by atoms with van der Waals surface area (Å²) in [6.45, 7) is 7.39. The standard InChI is InChI=1S/C17H26N2O5S/c1-6-10-17(12-15(20)24-5,18-25(23)16(2,3)4)13-8-7-9-14(11-13)19(21)22/h7-9,11,18H,6,10,12H2,1-5H3/t17-,25?/m0/s1. The van der Waals surface area contributed by atoms with Gasteiger partial charge in [0.25, 0.3) is 5.69 Å². The first-order valence-electron chi connectivity index (χ1n) is 8.07. The smallest absolute Gasteiger partial charge is 0.307 e. The molecule has 1 aromatic rings. The normalized spacial score (nSPS) is 15.3. The molecule has 0 aliphatic heterocycles. The second-order valence-electron chi connectivity index (χ2n) is 6.88. The van der Waals surface area contributed by atoms with E-state index in [1.54, 1.807) is 12.1 Å². The summed E-state index contributed by atoms with van der Waals surface area (Å²) in [5, 5.41) is 11.1. The molecule has 25 heavy (non-hydrogen) atoms. The molecule has 1 rings (SSSR count). The zero-order valence-corrected chi connectivity index (χ0v) is 16.1. The molecule has 0 saturated carbocycles. The summed E-state index contributed by atoms with van der Waals surface area (Å²) < 4.78 is 20.0. The topological polar surface area (TPSA) is 105 Å². The van der Waals surface area contributed by atoms with Gasteiger partial charge < -0.3 is 9.29 Å². The number of hydrogen-bond donors (Lipinski definition) is 1. The van der Waals surface area contributed by atoms with E-state index in [1.807, 2.05) is 27.7 Å². The van der Waals surface area contributed by atoms with E-state index in [1.165, 1.54) is 19.2 Å². The summed E-state index contributed by atoms with van der Waals surface area (Å²) in [6, 6.07) is 6.08. The van der Waals surface area contributed by atoms with Crippen LogP contribution < -0.4 is 4.72 Å². The van der Waals surface area contributed by atoms with Crippen LogP contribution in [0.15, 0.2) is 24.3 Å². The van der Waals surface area contributed by atoms with Crippen LogP contribution in [0.2, 0.25) is 0 Å². The average Bonchev–Trinajstić information content (AvgIpc) is 2.53. The zero-order valence-electron chi connectivity index (χ0n) is 15.3. The molecule has 0 aliphatic carbocycles. The van der Waals surface area contributed by atoms with Crippen LogP contribution in [0.1, 0.15) is 52.5 Å². The summed E-state index contributed by atoms with van der Waals surface area (Å²) in [6.07, 6.45) is 1.10. The lowest BCUT2D eigenvalue weighted by atomic mass is 9.83. The molecule has 0 amide bonds. The third-order valence-corrected chi connectivity index (χ3v) is 5.49. The van der Waals surface area contributed by atoms with Crippen molar-refractivity contribution in [3.8, 4) is 0 Å². The number of hydrogen-bond acceptors (Lipinski definition) is 6. The van der Waals surface area contributed by atoms with Gasteiger partial charge in [0, 0.05) is 23.5 Å². The predicted molar refractivity (Wildman–Crippen MR) is 97.3 cm³/mol. The Hall–Kier alpha value is -1.64. The molecule has 0 spiro atoms. The third kappa shape index (κ3) is 5.69. The van der Waals surface area contributed by atoms with Crippen molar-refractivity contribution in [3.05, 3.63) is 39.9 Å². The van der Waals surface area contributed by atoms with Gasteiger partial charge in [0.05, 0.1) is 24.0 Å². The van der Waals surface area contributed by atoms with E-state index in [0.717, 1.165) is 0 Å². The lowest BCUT2D eigenvalue weighted by molar-refractivity contribution is -0.385. The largest absolute Gasteiger partial charge is 0.598 e. The van der Waals surface area contributed by atoms with Crippen molar-refractivity contribution in [1.82, 2.24) is 4.72 Å². The molecule has 1 aromatic carbocycles. The molecule has 0 bridgehead atoms. The summed E-state index contributed by atoms with van der Waals surface area (Å²) >= 11 is -1.47. The predicted octanol–water partition coefficient (Wildman–Crippen LogP) is 3.21. The van der Waals surface area contributed by atoms with E-state index in [2.05, 4.69) is 4.72 Å². The van der Waals surface area contributed by atoms with Gasteiger partial charge in [0.1, 0.15) is 4.75 Å². The number of methoxy groups -OCH3 is 1. The number of carbonyl (C=O) groups is 1. The summed E-state index contributed by atoms with van der Waals surface area (Å²) in [5.74, 6) is -0.474. The maximum Gasteiger partial charge on any atom is 0.307 e. The maximum absolute atomic E-state index is 12.7. The minimum Gasteiger partial charge on any atom is -0.598 e. The Kier molecular flexibility index (Phi) is 7.40. The molecular weight excluding hydrogens is 344 g/mol. The zero-order chi connectivity index (χ0) is 19.3. The number of nitro groups is 1. The Balaban J connectivity index is 3.44. The maximum atomic E-state index is 12.7. The molecule has 8 heteroatoms. The van der Waals surface area contributed by atoms with Gasteiger partial charge >= 0.3 is 5.97 Å². The van der Waals surface area contributed by atoms with Gasteiger partial charge in [-0.15, -0.1) is 4.72 Å². The molecule has 0 aliphatic rings. The number of rotatable bonds is 8. The van der Waals surface area contributed by atoms with Crippen molar-refractivity contribution in [2.75, 3.05) is 7.11 Å². The fourth-order valence-electron chi connectivity index (χ4n) is 2.47. The number of nitro benzene ring substituents is 1. The number of esters is 1. The molecule has 0 heterocycles. The van der Waals surface area contributed by atoms with Crippen LogP contribution in [0.4, 0.5) is 5.69 Å². The molecule has 0 aromatic heterocycles.